The molecule has 21 heavy (non-hydrogen) atoms. The second-order valence-electron chi connectivity index (χ2n) is 5.75. The van der Waals surface area contributed by atoms with Crippen molar-refractivity contribution in [1.82, 2.24) is 4.90 Å². The Hall–Kier alpha value is -0.780. The topological polar surface area (TPSA) is 46.6 Å². The van der Waals surface area contributed by atoms with Gasteiger partial charge in [-0.05, 0) is 56.6 Å². The van der Waals surface area contributed by atoms with Gasteiger partial charge in [-0.25, -0.2) is 8.42 Å². The highest BCUT2D eigenvalue weighted by Gasteiger charge is 2.19. The zero-order chi connectivity index (χ0) is 16.2. The first-order chi connectivity index (χ1) is 9.62. The number of benzene rings is 1. The van der Waals surface area contributed by atoms with Crippen LogP contribution in [0.2, 0.25) is 0 Å². The van der Waals surface area contributed by atoms with Crippen molar-refractivity contribution in [2.45, 2.75) is 38.0 Å². The van der Waals surface area contributed by atoms with E-state index in [-0.39, 0.29) is 10.8 Å². The van der Waals surface area contributed by atoms with Crippen molar-refractivity contribution in [2.24, 2.45) is 0 Å². The van der Waals surface area contributed by atoms with Gasteiger partial charge in [0.15, 0.2) is 0 Å². The molecule has 0 aliphatic heterocycles. The minimum Gasteiger partial charge on any atom is -0.493 e. The van der Waals surface area contributed by atoms with Gasteiger partial charge in [0, 0.05) is 17.2 Å². The highest BCUT2D eigenvalue weighted by atomic mass is 35.7. The van der Waals surface area contributed by atoms with Crippen LogP contribution in [0.1, 0.15) is 37.3 Å². The molecule has 0 unspecified atom stereocenters. The summed E-state index contributed by atoms with van der Waals surface area (Å²) < 4.78 is 29.0. The van der Waals surface area contributed by atoms with E-state index >= 15 is 0 Å². The zero-order valence-corrected chi connectivity index (χ0v) is 14.9. The van der Waals surface area contributed by atoms with Gasteiger partial charge in [0.25, 0.3) is 9.05 Å². The number of rotatable bonds is 7. The minimum atomic E-state index is -3.73. The Morgan fingerprint density at radius 3 is 2.38 bits per heavy atom. The molecule has 0 aromatic heterocycles. The van der Waals surface area contributed by atoms with Gasteiger partial charge >= 0.3 is 0 Å². The molecule has 4 nitrogen and oxygen atoms in total. The van der Waals surface area contributed by atoms with E-state index in [0.717, 1.165) is 24.3 Å². The average molecular weight is 334 g/mol. The smallest absolute Gasteiger partial charge is 0.261 e. The fourth-order valence-electron chi connectivity index (χ4n) is 2.08. The summed E-state index contributed by atoms with van der Waals surface area (Å²) in [4.78, 5) is 2.26. The van der Waals surface area contributed by atoms with Gasteiger partial charge in [-0.2, -0.15) is 0 Å². The maximum atomic E-state index is 11.6. The van der Waals surface area contributed by atoms with E-state index in [1.54, 1.807) is 19.1 Å². The molecule has 1 rings (SSSR count). The number of nitrogens with zero attached hydrogens (tertiary/aromatic N) is 1. The van der Waals surface area contributed by atoms with Crippen LogP contribution in [0.5, 0.6) is 5.75 Å². The molecule has 1 aromatic carbocycles. The van der Waals surface area contributed by atoms with Crippen LogP contribution in [0.25, 0.3) is 0 Å². The fourth-order valence-corrected chi connectivity index (χ4v) is 3.29. The molecule has 0 bridgehead atoms. The molecule has 6 heteroatoms. The second-order valence-corrected chi connectivity index (χ2v) is 8.29. The van der Waals surface area contributed by atoms with Crippen molar-refractivity contribution in [3.05, 3.63) is 23.3 Å². The summed E-state index contributed by atoms with van der Waals surface area (Å²) in [7, 11) is 5.78. The Kier molecular flexibility index (Phi) is 6.50. The molecule has 0 amide bonds. The lowest BCUT2D eigenvalue weighted by Gasteiger charge is -2.17. The number of hydrogen-bond donors (Lipinski definition) is 0. The lowest BCUT2D eigenvalue weighted by Crippen LogP contribution is -2.16. The zero-order valence-electron chi connectivity index (χ0n) is 13.3. The highest BCUT2D eigenvalue weighted by molar-refractivity contribution is 8.13. The molecule has 0 radical (unpaired) electrons. The molecule has 0 fully saturated rings. The highest BCUT2D eigenvalue weighted by Crippen LogP contribution is 2.33. The molecule has 0 saturated heterocycles. The van der Waals surface area contributed by atoms with E-state index in [4.69, 9.17) is 15.4 Å². The Labute approximate surface area is 132 Å². The van der Waals surface area contributed by atoms with Gasteiger partial charge in [0.1, 0.15) is 5.75 Å². The van der Waals surface area contributed by atoms with Gasteiger partial charge in [0.2, 0.25) is 0 Å². The third kappa shape index (κ3) is 5.49. The fraction of sp³-hybridized carbons (Fsp3) is 0.600. The van der Waals surface area contributed by atoms with Gasteiger partial charge in [-0.1, -0.05) is 13.8 Å². The van der Waals surface area contributed by atoms with Crippen LogP contribution in [0.4, 0.5) is 0 Å². The van der Waals surface area contributed by atoms with E-state index < -0.39 is 9.05 Å². The summed E-state index contributed by atoms with van der Waals surface area (Å²) in [5.41, 5.74) is 1.47. The molecular formula is C15H24ClNO3S. The van der Waals surface area contributed by atoms with E-state index in [1.807, 2.05) is 27.9 Å². The predicted octanol–water partition coefficient (Wildman–Crippen LogP) is 3.38. The summed E-state index contributed by atoms with van der Waals surface area (Å²) in [5.74, 6) is 0.900. The summed E-state index contributed by atoms with van der Waals surface area (Å²) in [5, 5.41) is 0. The van der Waals surface area contributed by atoms with E-state index in [0.29, 0.717) is 12.2 Å². The molecule has 0 aliphatic rings. The van der Waals surface area contributed by atoms with Crippen molar-refractivity contribution in [3.63, 3.8) is 0 Å². The normalized spacial score (nSPS) is 12.2. The van der Waals surface area contributed by atoms with Crippen molar-refractivity contribution in [3.8, 4) is 5.75 Å². The van der Waals surface area contributed by atoms with Crippen LogP contribution in [-0.4, -0.2) is 40.6 Å². The van der Waals surface area contributed by atoms with Crippen LogP contribution in [-0.2, 0) is 9.05 Å². The first-order valence-corrected chi connectivity index (χ1v) is 9.30. The quantitative estimate of drug-likeness (QED) is 0.567. The number of halogens is 1. The molecule has 0 heterocycles. The molecule has 0 saturated carbocycles. The third-order valence-electron chi connectivity index (χ3n) is 3.20. The van der Waals surface area contributed by atoms with Crippen LogP contribution >= 0.6 is 10.7 Å². The number of hydrogen-bond acceptors (Lipinski definition) is 4. The predicted molar refractivity (Wildman–Crippen MR) is 87.0 cm³/mol. The van der Waals surface area contributed by atoms with E-state index in [2.05, 4.69) is 4.90 Å². The standard InChI is InChI=1S/C15H24ClNO3S/c1-11(2)13-10-15(21(16,18)19)12(3)9-14(13)20-8-6-7-17(4)5/h9-11H,6-8H2,1-5H3. The maximum Gasteiger partial charge on any atom is 0.261 e. The average Bonchev–Trinajstić information content (AvgIpc) is 2.32. The van der Waals surface area contributed by atoms with Gasteiger partial charge in [0.05, 0.1) is 11.5 Å². The molecule has 1 aromatic rings. The lowest BCUT2D eigenvalue weighted by molar-refractivity contribution is 0.278. The largest absolute Gasteiger partial charge is 0.493 e. The molecule has 0 atom stereocenters. The second kappa shape index (κ2) is 7.47. The first kappa shape index (κ1) is 18.3. The SMILES string of the molecule is Cc1cc(OCCCN(C)C)c(C(C)C)cc1S(=O)(=O)Cl. The van der Waals surface area contributed by atoms with E-state index in [1.165, 1.54) is 0 Å². The summed E-state index contributed by atoms with van der Waals surface area (Å²) in [6.45, 7) is 7.28. The van der Waals surface area contributed by atoms with Crippen molar-refractivity contribution in [2.75, 3.05) is 27.2 Å². The van der Waals surface area contributed by atoms with Crippen LogP contribution in [0.3, 0.4) is 0 Å². The molecule has 0 spiro atoms. The molecule has 120 valence electrons. The number of ether oxygens (including phenoxy) is 1. The van der Waals surface area contributed by atoms with Crippen LogP contribution in [0, 0.1) is 6.92 Å². The molecule has 0 aliphatic carbocycles. The van der Waals surface area contributed by atoms with Crippen LogP contribution in [0.15, 0.2) is 17.0 Å². The first-order valence-electron chi connectivity index (χ1n) is 6.99. The van der Waals surface area contributed by atoms with Crippen molar-refractivity contribution < 1.29 is 13.2 Å². The Morgan fingerprint density at radius 2 is 1.90 bits per heavy atom. The van der Waals surface area contributed by atoms with Gasteiger partial charge in [-0.3, -0.25) is 0 Å². The Bertz CT molecular complexity index is 583. The van der Waals surface area contributed by atoms with Crippen LogP contribution < -0.4 is 4.74 Å². The van der Waals surface area contributed by atoms with Gasteiger partial charge < -0.3 is 9.64 Å². The monoisotopic (exact) mass is 333 g/mol. The minimum absolute atomic E-state index is 0.159. The maximum absolute atomic E-state index is 11.6. The Balaban J connectivity index is 3.01. The molecule has 0 N–H and O–H groups in total. The van der Waals surface area contributed by atoms with Crippen molar-refractivity contribution in [1.29, 1.82) is 0 Å². The summed E-state index contributed by atoms with van der Waals surface area (Å²) in [6.07, 6.45) is 0.916. The summed E-state index contributed by atoms with van der Waals surface area (Å²) >= 11 is 0. The number of aryl methyl sites for hydroxylation is 1. The Morgan fingerprint density at radius 1 is 1.29 bits per heavy atom. The van der Waals surface area contributed by atoms with E-state index in [9.17, 15) is 8.42 Å². The van der Waals surface area contributed by atoms with Gasteiger partial charge in [-0.15, -0.1) is 0 Å². The lowest BCUT2D eigenvalue weighted by atomic mass is 10.0. The van der Waals surface area contributed by atoms with Crippen molar-refractivity contribution >= 4 is 19.7 Å². The third-order valence-corrected chi connectivity index (χ3v) is 4.66. The molecular weight excluding hydrogens is 310 g/mol. The summed E-state index contributed by atoms with van der Waals surface area (Å²) in [6, 6.07) is 3.39.